The van der Waals surface area contributed by atoms with Crippen molar-refractivity contribution >= 4 is 11.9 Å². The van der Waals surface area contributed by atoms with Crippen LogP contribution in [0.15, 0.2) is 4.79 Å². The summed E-state index contributed by atoms with van der Waals surface area (Å²) in [6.45, 7) is 1.16. The highest BCUT2D eigenvalue weighted by molar-refractivity contribution is 5.97. The maximum Gasteiger partial charge on any atom is 0.326 e. The molecule has 114 valence electrons. The number of aliphatic hydroxyl groups excluding tert-OH is 1. The Morgan fingerprint density at radius 3 is 2.62 bits per heavy atom. The van der Waals surface area contributed by atoms with E-state index < -0.39 is 23.5 Å². The molecule has 21 heavy (non-hydrogen) atoms. The molecule has 0 aliphatic heterocycles. The van der Waals surface area contributed by atoms with Crippen LogP contribution >= 0.6 is 0 Å². The van der Waals surface area contributed by atoms with E-state index >= 15 is 0 Å². The molecular formula is C13H17N3O5. The van der Waals surface area contributed by atoms with Gasteiger partial charge in [0, 0.05) is 18.9 Å². The molecule has 0 bridgehead atoms. The van der Waals surface area contributed by atoms with E-state index in [1.807, 2.05) is 0 Å². The van der Waals surface area contributed by atoms with Gasteiger partial charge >= 0.3 is 5.97 Å². The van der Waals surface area contributed by atoms with Crippen molar-refractivity contribution < 1.29 is 19.8 Å². The van der Waals surface area contributed by atoms with Gasteiger partial charge in [0.15, 0.2) is 0 Å². The number of aliphatic hydroxyl groups is 1. The van der Waals surface area contributed by atoms with Gasteiger partial charge in [0.25, 0.3) is 11.5 Å². The predicted octanol–water partition coefficient (Wildman–Crippen LogP) is -0.479. The summed E-state index contributed by atoms with van der Waals surface area (Å²) in [5.74, 6) is -1.26. The van der Waals surface area contributed by atoms with Gasteiger partial charge in [-0.25, -0.2) is 9.78 Å². The molecule has 1 aliphatic rings. The third-order valence-corrected chi connectivity index (χ3v) is 3.33. The molecule has 0 radical (unpaired) electrons. The number of rotatable bonds is 6. The van der Waals surface area contributed by atoms with E-state index in [1.54, 1.807) is 0 Å². The zero-order valence-electron chi connectivity index (χ0n) is 11.5. The number of amides is 1. The van der Waals surface area contributed by atoms with Crippen molar-refractivity contribution in [3.8, 4) is 0 Å². The van der Waals surface area contributed by atoms with Gasteiger partial charge in [-0.1, -0.05) is 0 Å². The number of carbonyl (C=O) groups excluding carboxylic acids is 1. The van der Waals surface area contributed by atoms with Gasteiger partial charge < -0.3 is 20.5 Å². The van der Waals surface area contributed by atoms with Gasteiger partial charge in [-0.15, -0.1) is 0 Å². The second kappa shape index (κ2) is 6.04. The Morgan fingerprint density at radius 1 is 1.48 bits per heavy atom. The van der Waals surface area contributed by atoms with Gasteiger partial charge in [0.1, 0.15) is 17.4 Å². The molecule has 1 aliphatic carbocycles. The SMILES string of the molecule is Cc1nc(C2CC2)[nH]c(=O)c1C(=O)N[C@@H](CCO)C(=O)O. The predicted molar refractivity (Wildman–Crippen MR) is 72.2 cm³/mol. The molecule has 0 spiro atoms. The lowest BCUT2D eigenvalue weighted by Gasteiger charge is -2.13. The lowest BCUT2D eigenvalue weighted by Crippen LogP contribution is -2.43. The first-order valence-electron chi connectivity index (χ1n) is 6.69. The van der Waals surface area contributed by atoms with Crippen LogP contribution in [0.5, 0.6) is 0 Å². The summed E-state index contributed by atoms with van der Waals surface area (Å²) in [7, 11) is 0. The molecule has 1 saturated carbocycles. The van der Waals surface area contributed by atoms with Crippen LogP contribution in [0.25, 0.3) is 0 Å². The van der Waals surface area contributed by atoms with Gasteiger partial charge in [-0.05, 0) is 19.8 Å². The van der Waals surface area contributed by atoms with Gasteiger partial charge in [-0.3, -0.25) is 9.59 Å². The van der Waals surface area contributed by atoms with Gasteiger partial charge in [0.05, 0.1) is 5.69 Å². The fourth-order valence-corrected chi connectivity index (χ4v) is 2.04. The van der Waals surface area contributed by atoms with E-state index in [2.05, 4.69) is 15.3 Å². The molecule has 1 atom stereocenters. The van der Waals surface area contributed by atoms with E-state index in [0.29, 0.717) is 5.82 Å². The third kappa shape index (κ3) is 3.46. The van der Waals surface area contributed by atoms with Crippen LogP contribution in [-0.2, 0) is 4.79 Å². The maximum absolute atomic E-state index is 12.1. The summed E-state index contributed by atoms with van der Waals surface area (Å²) in [6.07, 6.45) is 1.79. The molecule has 1 amide bonds. The normalized spacial score (nSPS) is 15.5. The Kier molecular flexibility index (Phi) is 4.37. The number of aromatic amines is 1. The summed E-state index contributed by atoms with van der Waals surface area (Å²) < 4.78 is 0. The minimum atomic E-state index is -1.27. The standard InChI is InChI=1S/C13H17N3O5/c1-6-9(11(18)15-8(4-5-17)13(20)21)12(19)16-10(14-6)7-2-3-7/h7-8,17H,2-5H2,1H3,(H,15,18)(H,20,21)(H,14,16,19)/t8-/m0/s1. The fourth-order valence-electron chi connectivity index (χ4n) is 2.04. The molecule has 2 rings (SSSR count). The molecule has 0 saturated heterocycles. The Balaban J connectivity index is 2.22. The lowest BCUT2D eigenvalue weighted by molar-refractivity contribution is -0.139. The fraction of sp³-hybridized carbons (Fsp3) is 0.538. The Labute approximate surface area is 120 Å². The summed E-state index contributed by atoms with van der Waals surface area (Å²) in [4.78, 5) is 41.8. The average molecular weight is 295 g/mol. The number of aliphatic carboxylic acids is 1. The Bertz CT molecular complexity index is 621. The number of H-pyrrole nitrogens is 1. The van der Waals surface area contributed by atoms with E-state index in [0.717, 1.165) is 12.8 Å². The lowest BCUT2D eigenvalue weighted by atomic mass is 10.1. The second-order valence-corrected chi connectivity index (χ2v) is 5.06. The monoisotopic (exact) mass is 295 g/mol. The minimum absolute atomic E-state index is 0.133. The van der Waals surface area contributed by atoms with Crippen molar-refractivity contribution in [2.24, 2.45) is 0 Å². The number of carbonyl (C=O) groups is 2. The van der Waals surface area contributed by atoms with Gasteiger partial charge in [-0.2, -0.15) is 0 Å². The van der Waals surface area contributed by atoms with Crippen LogP contribution < -0.4 is 10.9 Å². The zero-order chi connectivity index (χ0) is 15.6. The maximum atomic E-state index is 12.1. The van der Waals surface area contributed by atoms with Crippen molar-refractivity contribution in [3.63, 3.8) is 0 Å². The van der Waals surface area contributed by atoms with E-state index in [-0.39, 0.29) is 30.2 Å². The van der Waals surface area contributed by atoms with Gasteiger partial charge in [0.2, 0.25) is 0 Å². The van der Waals surface area contributed by atoms with Crippen LogP contribution in [0.1, 0.15) is 47.1 Å². The minimum Gasteiger partial charge on any atom is -0.480 e. The van der Waals surface area contributed by atoms with Crippen molar-refractivity contribution in [1.82, 2.24) is 15.3 Å². The number of nitrogens with zero attached hydrogens (tertiary/aromatic N) is 1. The molecule has 4 N–H and O–H groups in total. The van der Waals surface area contributed by atoms with Crippen LogP contribution in [0.3, 0.4) is 0 Å². The van der Waals surface area contributed by atoms with Crippen molar-refractivity contribution in [2.75, 3.05) is 6.61 Å². The van der Waals surface area contributed by atoms with Crippen molar-refractivity contribution in [1.29, 1.82) is 0 Å². The molecular weight excluding hydrogens is 278 g/mol. The highest BCUT2D eigenvalue weighted by Crippen LogP contribution is 2.37. The highest BCUT2D eigenvalue weighted by Gasteiger charge is 2.29. The van der Waals surface area contributed by atoms with Crippen LogP contribution in [0.2, 0.25) is 0 Å². The summed E-state index contributed by atoms with van der Waals surface area (Å²) >= 11 is 0. The number of carboxylic acids is 1. The first-order valence-corrected chi connectivity index (χ1v) is 6.69. The Morgan fingerprint density at radius 2 is 2.14 bits per heavy atom. The number of aromatic nitrogens is 2. The molecule has 0 unspecified atom stereocenters. The number of nitrogens with one attached hydrogen (secondary N) is 2. The van der Waals surface area contributed by atoms with Crippen molar-refractivity contribution in [2.45, 2.75) is 38.1 Å². The number of hydrogen-bond acceptors (Lipinski definition) is 5. The number of hydrogen-bond donors (Lipinski definition) is 4. The van der Waals surface area contributed by atoms with Crippen LogP contribution in [0.4, 0.5) is 0 Å². The molecule has 1 fully saturated rings. The molecule has 1 aromatic rings. The molecule has 0 aromatic carbocycles. The third-order valence-electron chi connectivity index (χ3n) is 3.33. The summed E-state index contributed by atoms with van der Waals surface area (Å²) in [6, 6.07) is -1.25. The Hall–Kier alpha value is -2.22. The second-order valence-electron chi connectivity index (χ2n) is 5.06. The first-order chi connectivity index (χ1) is 9.93. The number of aryl methyl sites for hydroxylation is 1. The topological polar surface area (TPSA) is 132 Å². The molecule has 8 heteroatoms. The zero-order valence-corrected chi connectivity index (χ0v) is 11.5. The molecule has 8 nitrogen and oxygen atoms in total. The van der Waals surface area contributed by atoms with Crippen molar-refractivity contribution in [3.05, 3.63) is 27.4 Å². The van der Waals surface area contributed by atoms with E-state index in [9.17, 15) is 14.4 Å². The average Bonchev–Trinajstić information content (AvgIpc) is 3.21. The molecule has 1 aromatic heterocycles. The molecule has 1 heterocycles. The highest BCUT2D eigenvalue weighted by atomic mass is 16.4. The van der Waals surface area contributed by atoms with E-state index in [1.165, 1.54) is 6.92 Å². The quantitative estimate of drug-likeness (QED) is 0.560. The van der Waals surface area contributed by atoms with Crippen LogP contribution in [0, 0.1) is 6.92 Å². The first kappa shape index (κ1) is 15.2. The smallest absolute Gasteiger partial charge is 0.326 e. The largest absolute Gasteiger partial charge is 0.480 e. The van der Waals surface area contributed by atoms with E-state index in [4.69, 9.17) is 10.2 Å². The summed E-state index contributed by atoms with van der Waals surface area (Å²) in [5.41, 5.74) is -0.495. The number of carboxylic acid groups (broad SMARTS) is 1. The summed E-state index contributed by atoms with van der Waals surface area (Å²) in [5, 5.41) is 19.9. The van der Waals surface area contributed by atoms with Crippen LogP contribution in [-0.4, -0.2) is 44.7 Å².